The maximum atomic E-state index is 10.6. The van der Waals surface area contributed by atoms with Gasteiger partial charge in [0, 0.05) is 13.8 Å². The second kappa shape index (κ2) is 6.93. The average molecular weight is 202 g/mol. The summed E-state index contributed by atoms with van der Waals surface area (Å²) in [5, 5.41) is 0.704. The summed E-state index contributed by atoms with van der Waals surface area (Å²) in [5.74, 6) is -0.733. The van der Waals surface area contributed by atoms with Crippen molar-refractivity contribution in [3.05, 3.63) is 0 Å². The molecule has 0 aliphatic rings. The monoisotopic (exact) mass is 202 g/mol. The van der Waals surface area contributed by atoms with Gasteiger partial charge in [-0.3, -0.25) is 9.59 Å². The lowest BCUT2D eigenvalue weighted by Gasteiger charge is -2.10. The van der Waals surface area contributed by atoms with Crippen molar-refractivity contribution in [2.45, 2.75) is 38.9 Å². The summed E-state index contributed by atoms with van der Waals surface area (Å²) in [6.45, 7) is 4.69. The Labute approximate surface area is 83.3 Å². The Hall–Kier alpha value is -0.528. The highest BCUT2D eigenvalue weighted by Gasteiger charge is 2.33. The van der Waals surface area contributed by atoms with Crippen molar-refractivity contribution in [3.8, 4) is 0 Å². The highest BCUT2D eigenvalue weighted by atomic mass is 27.2. The minimum Gasteiger partial charge on any atom is -0.586 e. The van der Waals surface area contributed by atoms with E-state index in [-0.39, 0.29) is 11.9 Å². The molecule has 4 nitrogen and oxygen atoms in total. The summed E-state index contributed by atoms with van der Waals surface area (Å²) in [6.07, 6.45) is 1.93. The van der Waals surface area contributed by atoms with Gasteiger partial charge in [-0.2, -0.15) is 0 Å². The molecule has 0 aromatic rings. The number of rotatable bonds is 5. The molecule has 0 bridgehead atoms. The molecule has 0 spiro atoms. The Bertz CT molecular complexity index is 165. The first-order valence-corrected chi connectivity index (χ1v) is 6.16. The molecule has 5 heteroatoms. The first kappa shape index (κ1) is 12.5. The van der Waals surface area contributed by atoms with Crippen molar-refractivity contribution in [2.24, 2.45) is 0 Å². The molecule has 0 aliphatic carbocycles. The highest BCUT2D eigenvalue weighted by Crippen LogP contribution is 2.04. The number of carbonyl (C=O) groups is 2. The van der Waals surface area contributed by atoms with Crippen molar-refractivity contribution in [1.82, 2.24) is 0 Å². The van der Waals surface area contributed by atoms with E-state index in [4.69, 9.17) is 7.58 Å². The largest absolute Gasteiger partial charge is 0.860 e. The topological polar surface area (TPSA) is 52.6 Å². The van der Waals surface area contributed by atoms with Gasteiger partial charge in [-0.1, -0.05) is 19.8 Å². The first-order chi connectivity index (χ1) is 6.06. The number of carbonyl (C=O) groups excluding carboxylic acids is 2. The second-order valence-electron chi connectivity index (χ2n) is 2.79. The second-order valence-corrected chi connectivity index (χ2v) is 4.70. The molecule has 0 rings (SSSR count). The van der Waals surface area contributed by atoms with Crippen LogP contribution in [-0.4, -0.2) is 26.8 Å². The van der Waals surface area contributed by atoms with Gasteiger partial charge in [0.1, 0.15) is 0 Å². The Morgan fingerprint density at radius 2 is 1.62 bits per heavy atom. The van der Waals surface area contributed by atoms with Crippen LogP contribution in [0, 0.1) is 0 Å². The fourth-order valence-electron chi connectivity index (χ4n) is 0.883. The van der Waals surface area contributed by atoms with Crippen LogP contribution in [0.4, 0.5) is 0 Å². The molecular weight excluding hydrogens is 187 g/mol. The van der Waals surface area contributed by atoms with Gasteiger partial charge < -0.3 is 7.58 Å². The van der Waals surface area contributed by atoms with E-state index in [9.17, 15) is 9.59 Å². The van der Waals surface area contributed by atoms with Crippen LogP contribution in [0.1, 0.15) is 33.6 Å². The van der Waals surface area contributed by atoms with Crippen LogP contribution in [0.25, 0.3) is 0 Å². The van der Waals surface area contributed by atoms with Gasteiger partial charge >= 0.3 is 14.8 Å². The van der Waals surface area contributed by atoms with Gasteiger partial charge in [-0.05, 0) is 5.28 Å². The van der Waals surface area contributed by atoms with Gasteiger partial charge in [-0.15, -0.1) is 0 Å². The maximum Gasteiger partial charge on any atom is 0.860 e. The summed E-state index contributed by atoms with van der Waals surface area (Å²) in [5.41, 5.74) is 0. The minimum atomic E-state index is -2.07. The van der Waals surface area contributed by atoms with Gasteiger partial charge in [0.05, 0.1) is 0 Å². The van der Waals surface area contributed by atoms with Crippen molar-refractivity contribution in [2.75, 3.05) is 0 Å². The lowest BCUT2D eigenvalue weighted by atomic mass is 10.4. The zero-order valence-corrected chi connectivity index (χ0v) is 9.49. The molecule has 0 saturated heterocycles. The van der Waals surface area contributed by atoms with Crippen LogP contribution in [-0.2, 0) is 17.2 Å². The third-order valence-corrected chi connectivity index (χ3v) is 3.46. The molecule has 0 amide bonds. The summed E-state index contributed by atoms with van der Waals surface area (Å²) < 4.78 is 9.84. The Kier molecular flexibility index (Phi) is 6.65. The third kappa shape index (κ3) is 7.82. The third-order valence-electron chi connectivity index (χ3n) is 1.39. The SMILES string of the molecule is CCC[CH2][Al]([O]C(C)=O)[O]C(C)=O. The zero-order valence-electron chi connectivity index (χ0n) is 8.33. The lowest BCUT2D eigenvalue weighted by Crippen LogP contribution is -2.27. The van der Waals surface area contributed by atoms with Gasteiger partial charge in [0.25, 0.3) is 11.9 Å². The predicted molar refractivity (Wildman–Crippen MR) is 49.0 cm³/mol. The molecule has 0 aromatic heterocycles. The van der Waals surface area contributed by atoms with Crippen LogP contribution < -0.4 is 0 Å². The van der Waals surface area contributed by atoms with E-state index in [2.05, 4.69) is 0 Å². The lowest BCUT2D eigenvalue weighted by molar-refractivity contribution is -0.137. The predicted octanol–water partition coefficient (Wildman–Crippen LogP) is 1.40. The molecule has 0 heterocycles. The molecule has 0 radical (unpaired) electrons. The van der Waals surface area contributed by atoms with E-state index in [1.165, 1.54) is 13.8 Å². The smallest absolute Gasteiger partial charge is 0.586 e. The molecule has 0 aromatic carbocycles. The summed E-state index contributed by atoms with van der Waals surface area (Å²) in [4.78, 5) is 21.2. The van der Waals surface area contributed by atoms with Crippen molar-refractivity contribution in [3.63, 3.8) is 0 Å². The molecule has 0 unspecified atom stereocenters. The summed E-state index contributed by atoms with van der Waals surface area (Å²) in [7, 11) is 0. The molecule has 0 N–H and O–H groups in total. The van der Waals surface area contributed by atoms with Crippen LogP contribution in [0.15, 0.2) is 0 Å². The number of hydrogen-bond acceptors (Lipinski definition) is 4. The highest BCUT2D eigenvalue weighted by molar-refractivity contribution is 6.48. The fraction of sp³-hybridized carbons (Fsp3) is 0.750. The molecule has 0 fully saturated rings. The van der Waals surface area contributed by atoms with E-state index >= 15 is 0 Å². The normalized spacial score (nSPS) is 9.15. The van der Waals surface area contributed by atoms with E-state index < -0.39 is 14.8 Å². The van der Waals surface area contributed by atoms with E-state index in [1.54, 1.807) is 0 Å². The van der Waals surface area contributed by atoms with Crippen LogP contribution in [0.5, 0.6) is 0 Å². The molecule has 0 saturated carbocycles. The van der Waals surface area contributed by atoms with Gasteiger partial charge in [0.15, 0.2) is 0 Å². The number of hydrogen-bond donors (Lipinski definition) is 0. The van der Waals surface area contributed by atoms with Gasteiger partial charge in [-0.25, -0.2) is 0 Å². The van der Waals surface area contributed by atoms with Crippen LogP contribution in [0.3, 0.4) is 0 Å². The van der Waals surface area contributed by atoms with Crippen molar-refractivity contribution < 1.29 is 17.2 Å². The Balaban J connectivity index is 3.87. The fourth-order valence-corrected chi connectivity index (χ4v) is 2.65. The van der Waals surface area contributed by atoms with E-state index in [0.29, 0.717) is 5.28 Å². The molecular formula is C8H15AlO4. The van der Waals surface area contributed by atoms with Crippen molar-refractivity contribution >= 4 is 26.8 Å². The van der Waals surface area contributed by atoms with Crippen LogP contribution >= 0.6 is 0 Å². The standard InChI is InChI=1S/C4H9.2C2H4O2.Al/c1-3-4-2;2*1-2(3)4;/h1,3-4H2,2H3;2*1H3,(H,3,4);/q;;;+2/p-2. The van der Waals surface area contributed by atoms with Crippen molar-refractivity contribution in [1.29, 1.82) is 0 Å². The molecule has 13 heavy (non-hydrogen) atoms. The zero-order chi connectivity index (χ0) is 10.3. The quantitative estimate of drug-likeness (QED) is 0.632. The molecule has 74 valence electrons. The molecule has 0 aliphatic heterocycles. The average Bonchev–Trinajstić information content (AvgIpc) is 1.98. The summed E-state index contributed by atoms with van der Waals surface area (Å²) in [6, 6.07) is 0. The van der Waals surface area contributed by atoms with E-state index in [1.807, 2.05) is 6.92 Å². The summed E-state index contributed by atoms with van der Waals surface area (Å²) >= 11 is -2.07. The molecule has 0 atom stereocenters. The first-order valence-electron chi connectivity index (χ1n) is 4.40. The maximum absolute atomic E-state index is 10.6. The minimum absolute atomic E-state index is 0.367. The Morgan fingerprint density at radius 3 is 1.92 bits per heavy atom. The van der Waals surface area contributed by atoms with Gasteiger partial charge in [0.2, 0.25) is 0 Å². The number of unbranched alkanes of at least 4 members (excludes halogenated alkanes) is 1. The van der Waals surface area contributed by atoms with E-state index in [0.717, 1.165) is 12.8 Å². The Morgan fingerprint density at radius 1 is 1.15 bits per heavy atom. The van der Waals surface area contributed by atoms with Crippen LogP contribution in [0.2, 0.25) is 5.28 Å².